The number of thioether (sulfide) groups is 2. The van der Waals surface area contributed by atoms with E-state index in [9.17, 15) is 9.18 Å². The third-order valence-corrected chi connectivity index (χ3v) is 6.49. The van der Waals surface area contributed by atoms with Crippen molar-refractivity contribution >= 4 is 35.1 Å². The van der Waals surface area contributed by atoms with Gasteiger partial charge < -0.3 is 10.1 Å². The average molecular weight is 363 g/mol. The van der Waals surface area contributed by atoms with Crippen molar-refractivity contribution in [1.29, 1.82) is 0 Å². The van der Waals surface area contributed by atoms with Gasteiger partial charge in [0.2, 0.25) is 0 Å². The van der Waals surface area contributed by atoms with E-state index in [0.29, 0.717) is 16.0 Å². The predicted octanol–water partition coefficient (Wildman–Crippen LogP) is 4.71. The monoisotopic (exact) mass is 363 g/mol. The summed E-state index contributed by atoms with van der Waals surface area (Å²) in [5.74, 6) is 2.47. The van der Waals surface area contributed by atoms with E-state index in [2.05, 4.69) is 17.4 Å². The fraction of sp³-hybridized carbons (Fsp3) is 0.278. The zero-order valence-electron chi connectivity index (χ0n) is 13.0. The number of hydrogen-bond acceptors (Lipinski definition) is 4. The van der Waals surface area contributed by atoms with E-state index < -0.39 is 0 Å². The van der Waals surface area contributed by atoms with Gasteiger partial charge in [0.25, 0.3) is 5.91 Å². The second-order valence-corrected chi connectivity index (χ2v) is 8.06. The summed E-state index contributed by atoms with van der Waals surface area (Å²) in [6.07, 6.45) is 1.27. The number of benzene rings is 2. The van der Waals surface area contributed by atoms with E-state index in [1.165, 1.54) is 47.8 Å². The number of nitrogens with one attached hydrogen (secondary N) is 1. The van der Waals surface area contributed by atoms with Crippen LogP contribution in [0.5, 0.6) is 5.75 Å². The molecule has 0 atom stereocenters. The molecule has 0 aliphatic carbocycles. The Kier molecular flexibility index (Phi) is 6.04. The van der Waals surface area contributed by atoms with Crippen molar-refractivity contribution in [2.75, 3.05) is 23.4 Å². The molecular weight excluding hydrogens is 345 g/mol. The van der Waals surface area contributed by atoms with E-state index in [-0.39, 0.29) is 18.3 Å². The highest BCUT2D eigenvalue weighted by Crippen LogP contribution is 2.43. The smallest absolute Gasteiger partial charge is 0.262 e. The van der Waals surface area contributed by atoms with Crippen LogP contribution in [-0.4, -0.2) is 24.0 Å². The van der Waals surface area contributed by atoms with E-state index in [0.717, 1.165) is 0 Å². The molecule has 0 spiro atoms. The van der Waals surface area contributed by atoms with Crippen molar-refractivity contribution in [2.45, 2.75) is 11.0 Å². The number of halogens is 1. The summed E-state index contributed by atoms with van der Waals surface area (Å²) in [6, 6.07) is 13.6. The molecular formula is C18H18FNO2S2. The zero-order chi connectivity index (χ0) is 16.8. The largest absolute Gasteiger partial charge is 0.484 e. The molecule has 2 aromatic carbocycles. The molecule has 3 nitrogen and oxygen atoms in total. The lowest BCUT2D eigenvalue weighted by Crippen LogP contribution is -2.20. The summed E-state index contributed by atoms with van der Waals surface area (Å²) in [6.45, 7) is -0.0797. The highest BCUT2D eigenvalue weighted by Gasteiger charge is 2.16. The molecule has 1 fully saturated rings. The Labute approximate surface area is 149 Å². The molecule has 1 N–H and O–H groups in total. The van der Waals surface area contributed by atoms with E-state index in [1.54, 1.807) is 0 Å². The number of ether oxygens (including phenoxy) is 1. The van der Waals surface area contributed by atoms with Crippen LogP contribution in [0.3, 0.4) is 0 Å². The molecule has 0 unspecified atom stereocenters. The lowest BCUT2D eigenvalue weighted by atomic mass is 10.2. The van der Waals surface area contributed by atoms with Gasteiger partial charge in [0.15, 0.2) is 6.61 Å². The first kappa shape index (κ1) is 17.2. The Morgan fingerprint density at radius 1 is 1.08 bits per heavy atom. The van der Waals surface area contributed by atoms with Gasteiger partial charge in [-0.05, 0) is 59.9 Å². The molecule has 6 heteroatoms. The van der Waals surface area contributed by atoms with Gasteiger partial charge in [-0.15, -0.1) is 23.5 Å². The summed E-state index contributed by atoms with van der Waals surface area (Å²) >= 11 is 3.95. The number of rotatable bonds is 5. The average Bonchev–Trinajstić information content (AvgIpc) is 2.63. The van der Waals surface area contributed by atoms with Crippen molar-refractivity contribution < 1.29 is 13.9 Å². The Bertz CT molecular complexity index is 670. The number of hydrogen-bond donors (Lipinski definition) is 1. The Morgan fingerprint density at radius 3 is 2.42 bits per heavy atom. The zero-order valence-corrected chi connectivity index (χ0v) is 14.7. The van der Waals surface area contributed by atoms with Crippen LogP contribution in [0.15, 0.2) is 48.5 Å². The molecule has 126 valence electrons. The first-order chi connectivity index (χ1) is 11.7. The first-order valence-corrected chi connectivity index (χ1v) is 9.82. The lowest BCUT2D eigenvalue weighted by Gasteiger charge is -2.21. The van der Waals surface area contributed by atoms with Gasteiger partial charge in [-0.1, -0.05) is 12.1 Å². The van der Waals surface area contributed by atoms with E-state index >= 15 is 0 Å². The lowest BCUT2D eigenvalue weighted by molar-refractivity contribution is -0.118. The number of carbonyl (C=O) groups excluding carboxylic acids is 1. The van der Waals surface area contributed by atoms with Crippen LogP contribution in [-0.2, 0) is 4.79 Å². The summed E-state index contributed by atoms with van der Waals surface area (Å²) in [5.41, 5.74) is 1.83. The normalized spacial score (nSPS) is 15.0. The van der Waals surface area contributed by atoms with Crippen LogP contribution in [0.25, 0.3) is 0 Å². The molecule has 1 heterocycles. The van der Waals surface area contributed by atoms with Crippen LogP contribution < -0.4 is 10.1 Å². The number of amides is 1. The summed E-state index contributed by atoms with van der Waals surface area (Å²) in [4.78, 5) is 11.8. The van der Waals surface area contributed by atoms with Crippen molar-refractivity contribution in [3.05, 3.63) is 59.9 Å². The van der Waals surface area contributed by atoms with Crippen molar-refractivity contribution in [3.8, 4) is 5.75 Å². The van der Waals surface area contributed by atoms with Gasteiger partial charge in [0.1, 0.15) is 11.6 Å². The molecule has 3 rings (SSSR count). The molecule has 0 saturated carbocycles. The maximum Gasteiger partial charge on any atom is 0.262 e. The van der Waals surface area contributed by atoms with Crippen molar-refractivity contribution in [2.24, 2.45) is 0 Å². The minimum absolute atomic E-state index is 0.0797. The molecule has 1 amide bonds. The molecule has 1 aliphatic heterocycles. The highest BCUT2D eigenvalue weighted by molar-refractivity contribution is 8.16. The van der Waals surface area contributed by atoms with Crippen molar-refractivity contribution in [1.82, 2.24) is 0 Å². The van der Waals surface area contributed by atoms with Gasteiger partial charge in [-0.2, -0.15) is 0 Å². The molecule has 0 radical (unpaired) electrons. The minimum Gasteiger partial charge on any atom is -0.484 e. The van der Waals surface area contributed by atoms with Gasteiger partial charge in [-0.3, -0.25) is 4.79 Å². The third kappa shape index (κ3) is 4.92. The minimum atomic E-state index is -0.335. The van der Waals surface area contributed by atoms with Gasteiger partial charge >= 0.3 is 0 Å². The predicted molar refractivity (Wildman–Crippen MR) is 99.2 cm³/mol. The first-order valence-electron chi connectivity index (χ1n) is 7.72. The quantitative estimate of drug-likeness (QED) is 0.835. The van der Waals surface area contributed by atoms with Gasteiger partial charge in [0, 0.05) is 5.69 Å². The Morgan fingerprint density at radius 2 is 1.75 bits per heavy atom. The topological polar surface area (TPSA) is 38.3 Å². The fourth-order valence-corrected chi connectivity index (χ4v) is 5.17. The van der Waals surface area contributed by atoms with Gasteiger partial charge in [0.05, 0.1) is 4.58 Å². The third-order valence-electron chi connectivity index (χ3n) is 3.48. The van der Waals surface area contributed by atoms with E-state index in [4.69, 9.17) is 4.74 Å². The van der Waals surface area contributed by atoms with Crippen molar-refractivity contribution in [3.63, 3.8) is 0 Å². The molecule has 0 bridgehead atoms. The molecule has 2 aromatic rings. The van der Waals surface area contributed by atoms with Crippen LogP contribution in [0.2, 0.25) is 0 Å². The summed E-state index contributed by atoms with van der Waals surface area (Å²) in [7, 11) is 0. The van der Waals surface area contributed by atoms with Gasteiger partial charge in [-0.25, -0.2) is 4.39 Å². The summed E-state index contributed by atoms with van der Waals surface area (Å²) < 4.78 is 18.8. The molecule has 24 heavy (non-hydrogen) atoms. The molecule has 1 saturated heterocycles. The fourth-order valence-electron chi connectivity index (χ4n) is 2.28. The number of carbonyl (C=O) groups is 1. The van der Waals surface area contributed by atoms with Crippen LogP contribution in [0.1, 0.15) is 16.6 Å². The number of anilines is 1. The Hall–Kier alpha value is -1.66. The SMILES string of the molecule is O=C(COc1ccc(C2SCCCS2)cc1)Nc1ccc(F)cc1. The highest BCUT2D eigenvalue weighted by atomic mass is 32.2. The second kappa shape index (κ2) is 8.44. The molecule has 1 aliphatic rings. The summed E-state index contributed by atoms with van der Waals surface area (Å²) in [5, 5.41) is 2.67. The molecule has 0 aromatic heterocycles. The van der Waals surface area contributed by atoms with Crippen LogP contribution >= 0.6 is 23.5 Å². The van der Waals surface area contributed by atoms with Crippen LogP contribution in [0, 0.1) is 5.82 Å². The maximum atomic E-state index is 12.8. The second-order valence-electron chi connectivity index (χ2n) is 5.34. The standard InChI is InChI=1S/C18H18FNO2S2/c19-14-4-6-15(7-5-14)20-17(21)12-22-16-8-2-13(3-9-16)18-23-10-1-11-24-18/h2-9,18H,1,10-12H2,(H,20,21). The maximum absolute atomic E-state index is 12.8. The van der Waals surface area contributed by atoms with E-state index in [1.807, 2.05) is 35.7 Å². The Balaban J connectivity index is 1.49. The van der Waals surface area contributed by atoms with Crippen LogP contribution in [0.4, 0.5) is 10.1 Å².